The first-order chi connectivity index (χ1) is 9.25. The van der Waals surface area contributed by atoms with E-state index in [1.54, 1.807) is 0 Å². The van der Waals surface area contributed by atoms with Crippen molar-refractivity contribution in [3.63, 3.8) is 0 Å². The molecule has 0 radical (unpaired) electrons. The average molecular weight is 269 g/mol. The SMILES string of the molecule is Cc1cc(C)nc(Nc2ccc(C(C)(C)C)cc2C)n1. The summed E-state index contributed by atoms with van der Waals surface area (Å²) in [5.41, 5.74) is 5.72. The van der Waals surface area contributed by atoms with Crippen LogP contribution in [0.3, 0.4) is 0 Å². The molecule has 0 amide bonds. The van der Waals surface area contributed by atoms with Gasteiger partial charge in [0.2, 0.25) is 5.95 Å². The standard InChI is InChI=1S/C17H23N3/c1-11-9-14(17(4,5)6)7-8-15(11)20-16-18-12(2)10-13(3)19-16/h7-10H,1-6H3,(H,18,19,20). The third-order valence-electron chi connectivity index (χ3n) is 3.32. The van der Waals surface area contributed by atoms with Gasteiger partial charge in [0, 0.05) is 17.1 Å². The van der Waals surface area contributed by atoms with Crippen molar-refractivity contribution in [2.45, 2.75) is 47.0 Å². The maximum absolute atomic E-state index is 4.42. The smallest absolute Gasteiger partial charge is 0.227 e. The van der Waals surface area contributed by atoms with Gasteiger partial charge in [-0.1, -0.05) is 32.9 Å². The summed E-state index contributed by atoms with van der Waals surface area (Å²) in [5, 5.41) is 3.31. The second-order valence-corrected chi connectivity index (χ2v) is 6.38. The lowest BCUT2D eigenvalue weighted by Crippen LogP contribution is -2.11. The van der Waals surface area contributed by atoms with Gasteiger partial charge in [-0.05, 0) is 49.4 Å². The molecule has 0 aliphatic heterocycles. The number of hydrogen-bond acceptors (Lipinski definition) is 3. The molecule has 0 saturated heterocycles. The van der Waals surface area contributed by atoms with Crippen molar-refractivity contribution in [2.24, 2.45) is 0 Å². The fourth-order valence-corrected chi connectivity index (χ4v) is 2.17. The largest absolute Gasteiger partial charge is 0.324 e. The second-order valence-electron chi connectivity index (χ2n) is 6.38. The summed E-state index contributed by atoms with van der Waals surface area (Å²) >= 11 is 0. The van der Waals surface area contributed by atoms with Crippen LogP contribution in [-0.2, 0) is 5.41 Å². The molecule has 0 spiro atoms. The van der Waals surface area contributed by atoms with E-state index in [1.165, 1.54) is 11.1 Å². The van der Waals surface area contributed by atoms with Crippen molar-refractivity contribution in [3.05, 3.63) is 46.8 Å². The zero-order valence-corrected chi connectivity index (χ0v) is 13.2. The molecule has 3 heteroatoms. The lowest BCUT2D eigenvalue weighted by atomic mass is 9.86. The molecule has 0 aliphatic carbocycles. The van der Waals surface area contributed by atoms with Crippen molar-refractivity contribution >= 4 is 11.6 Å². The minimum absolute atomic E-state index is 0.166. The summed E-state index contributed by atoms with van der Waals surface area (Å²) in [6.45, 7) is 12.7. The maximum Gasteiger partial charge on any atom is 0.227 e. The zero-order valence-electron chi connectivity index (χ0n) is 13.2. The predicted molar refractivity (Wildman–Crippen MR) is 84.7 cm³/mol. The Morgan fingerprint density at radius 1 is 0.900 bits per heavy atom. The number of nitrogens with zero attached hydrogens (tertiary/aromatic N) is 2. The highest BCUT2D eigenvalue weighted by molar-refractivity contribution is 5.59. The van der Waals surface area contributed by atoms with Crippen LogP contribution in [-0.4, -0.2) is 9.97 Å². The molecule has 1 aromatic heterocycles. The Balaban J connectivity index is 2.30. The van der Waals surface area contributed by atoms with Gasteiger partial charge in [0.05, 0.1) is 0 Å². The monoisotopic (exact) mass is 269 g/mol. The molecule has 106 valence electrons. The number of aromatic nitrogens is 2. The van der Waals surface area contributed by atoms with E-state index >= 15 is 0 Å². The lowest BCUT2D eigenvalue weighted by Gasteiger charge is -2.20. The Morgan fingerprint density at radius 3 is 2.00 bits per heavy atom. The van der Waals surface area contributed by atoms with Crippen molar-refractivity contribution in [2.75, 3.05) is 5.32 Å². The van der Waals surface area contributed by atoms with Gasteiger partial charge in [0.15, 0.2) is 0 Å². The number of nitrogens with one attached hydrogen (secondary N) is 1. The van der Waals surface area contributed by atoms with Crippen LogP contribution < -0.4 is 5.32 Å². The van der Waals surface area contributed by atoms with E-state index in [0.717, 1.165) is 17.1 Å². The van der Waals surface area contributed by atoms with Crippen LogP contribution in [0.4, 0.5) is 11.6 Å². The minimum Gasteiger partial charge on any atom is -0.324 e. The number of rotatable bonds is 2. The second kappa shape index (κ2) is 5.23. The number of hydrogen-bond donors (Lipinski definition) is 1. The average Bonchev–Trinajstić information content (AvgIpc) is 2.29. The first-order valence-electron chi connectivity index (χ1n) is 6.96. The molecule has 3 nitrogen and oxygen atoms in total. The molecular weight excluding hydrogens is 246 g/mol. The van der Waals surface area contributed by atoms with E-state index in [0.29, 0.717) is 5.95 Å². The van der Waals surface area contributed by atoms with Gasteiger partial charge >= 0.3 is 0 Å². The molecule has 0 unspecified atom stereocenters. The Morgan fingerprint density at radius 2 is 1.50 bits per heavy atom. The topological polar surface area (TPSA) is 37.8 Å². The van der Waals surface area contributed by atoms with Crippen molar-refractivity contribution in [1.29, 1.82) is 0 Å². The summed E-state index contributed by atoms with van der Waals surface area (Å²) in [5.74, 6) is 0.661. The van der Waals surface area contributed by atoms with Gasteiger partial charge in [-0.3, -0.25) is 0 Å². The van der Waals surface area contributed by atoms with E-state index < -0.39 is 0 Å². The summed E-state index contributed by atoms with van der Waals surface area (Å²) in [7, 11) is 0. The van der Waals surface area contributed by atoms with E-state index in [4.69, 9.17) is 0 Å². The molecule has 0 bridgehead atoms. The van der Waals surface area contributed by atoms with Gasteiger partial charge < -0.3 is 5.32 Å². The molecule has 0 saturated carbocycles. The number of anilines is 2. The molecule has 0 atom stereocenters. The Kier molecular flexibility index (Phi) is 3.80. The van der Waals surface area contributed by atoms with Crippen LogP contribution in [0, 0.1) is 20.8 Å². The Bertz CT molecular complexity index is 604. The normalized spacial score (nSPS) is 11.5. The highest BCUT2D eigenvalue weighted by atomic mass is 15.1. The van der Waals surface area contributed by atoms with Crippen molar-refractivity contribution in [1.82, 2.24) is 9.97 Å². The third kappa shape index (κ3) is 3.35. The van der Waals surface area contributed by atoms with E-state index in [2.05, 4.69) is 61.2 Å². The summed E-state index contributed by atoms with van der Waals surface area (Å²) < 4.78 is 0. The lowest BCUT2D eigenvalue weighted by molar-refractivity contribution is 0.590. The van der Waals surface area contributed by atoms with Crippen LogP contribution in [0.1, 0.15) is 43.3 Å². The molecule has 1 aromatic carbocycles. The summed E-state index contributed by atoms with van der Waals surface area (Å²) in [6.07, 6.45) is 0. The van der Waals surface area contributed by atoms with E-state index in [-0.39, 0.29) is 5.41 Å². The maximum atomic E-state index is 4.42. The van der Waals surface area contributed by atoms with Crippen LogP contribution in [0.15, 0.2) is 24.3 Å². The van der Waals surface area contributed by atoms with Gasteiger partial charge in [-0.15, -0.1) is 0 Å². The van der Waals surface area contributed by atoms with Gasteiger partial charge in [-0.2, -0.15) is 0 Å². The molecule has 1 heterocycles. The van der Waals surface area contributed by atoms with Crippen molar-refractivity contribution in [3.8, 4) is 0 Å². The fraction of sp³-hybridized carbons (Fsp3) is 0.412. The Hall–Kier alpha value is -1.90. The van der Waals surface area contributed by atoms with Gasteiger partial charge in [0.1, 0.15) is 0 Å². The summed E-state index contributed by atoms with van der Waals surface area (Å²) in [4.78, 5) is 8.84. The van der Waals surface area contributed by atoms with E-state index in [9.17, 15) is 0 Å². The van der Waals surface area contributed by atoms with Crippen LogP contribution in [0.2, 0.25) is 0 Å². The quantitative estimate of drug-likeness (QED) is 0.875. The molecule has 2 aromatic rings. The van der Waals surface area contributed by atoms with Crippen LogP contribution in [0.25, 0.3) is 0 Å². The highest BCUT2D eigenvalue weighted by Crippen LogP contribution is 2.27. The third-order valence-corrected chi connectivity index (χ3v) is 3.32. The summed E-state index contributed by atoms with van der Waals surface area (Å²) in [6, 6.07) is 8.47. The van der Waals surface area contributed by atoms with Gasteiger partial charge in [0.25, 0.3) is 0 Å². The van der Waals surface area contributed by atoms with Crippen LogP contribution >= 0.6 is 0 Å². The van der Waals surface area contributed by atoms with Gasteiger partial charge in [-0.25, -0.2) is 9.97 Å². The van der Waals surface area contributed by atoms with Crippen molar-refractivity contribution < 1.29 is 0 Å². The fourth-order valence-electron chi connectivity index (χ4n) is 2.17. The highest BCUT2D eigenvalue weighted by Gasteiger charge is 2.14. The molecule has 1 N–H and O–H groups in total. The zero-order chi connectivity index (χ0) is 14.9. The molecule has 0 aliphatic rings. The number of benzene rings is 1. The van der Waals surface area contributed by atoms with Crippen LogP contribution in [0.5, 0.6) is 0 Å². The molecule has 0 fully saturated rings. The molecular formula is C17H23N3. The molecule has 20 heavy (non-hydrogen) atoms. The first kappa shape index (κ1) is 14.5. The number of aryl methyl sites for hydroxylation is 3. The van der Waals surface area contributed by atoms with E-state index in [1.807, 2.05) is 19.9 Å². The first-order valence-corrected chi connectivity index (χ1v) is 6.96. The predicted octanol–water partition coefficient (Wildman–Crippen LogP) is 4.44. The Labute approximate surface area is 121 Å². The minimum atomic E-state index is 0.166. The molecule has 2 rings (SSSR count).